The van der Waals surface area contributed by atoms with Crippen LogP contribution in [0.5, 0.6) is 0 Å². The molecule has 0 atom stereocenters. The molecule has 2 aliphatic heterocycles. The van der Waals surface area contributed by atoms with Gasteiger partial charge in [-0.15, -0.1) is 0 Å². The van der Waals surface area contributed by atoms with Gasteiger partial charge < -0.3 is 9.80 Å². The molecule has 1 saturated heterocycles. The van der Waals surface area contributed by atoms with E-state index in [0.717, 1.165) is 28.7 Å². The standard InChI is InChI=1S/C31H34F2N4O4/c1-20(2)37-30(40)24(15-21-7-8-26(32)27(33)16-21)18-35(31(37)41)19-29(39)34-12-10-25(11-13-34)36-14-9-22-5-3-4-6-23(22)17-28(36)38/h3-8,16,18,20,25H,9-15,17,19H2,1-2H3. The molecule has 0 radical (unpaired) electrons. The Labute approximate surface area is 236 Å². The number of aromatic nitrogens is 2. The molecule has 0 spiro atoms. The predicted molar refractivity (Wildman–Crippen MR) is 150 cm³/mol. The minimum Gasteiger partial charge on any atom is -0.341 e. The number of likely N-dealkylation sites (tertiary alicyclic amines) is 1. The van der Waals surface area contributed by atoms with Gasteiger partial charge in [0.1, 0.15) is 6.54 Å². The summed E-state index contributed by atoms with van der Waals surface area (Å²) in [5, 5.41) is 0. The lowest BCUT2D eigenvalue weighted by Crippen LogP contribution is -2.50. The van der Waals surface area contributed by atoms with Crippen LogP contribution in [0.2, 0.25) is 0 Å². The summed E-state index contributed by atoms with van der Waals surface area (Å²) >= 11 is 0. The largest absolute Gasteiger partial charge is 0.341 e. The Hall–Kier alpha value is -4.08. The number of benzene rings is 2. The summed E-state index contributed by atoms with van der Waals surface area (Å²) in [7, 11) is 0. The number of hydrogen-bond donors (Lipinski definition) is 0. The van der Waals surface area contributed by atoms with Crippen LogP contribution in [0, 0.1) is 11.6 Å². The molecule has 0 bridgehead atoms. The molecule has 3 aromatic rings. The minimum atomic E-state index is -1.02. The smallest absolute Gasteiger partial charge is 0.331 e. The second-order valence-electron chi connectivity index (χ2n) is 11.2. The first kappa shape index (κ1) is 28.4. The molecule has 3 heterocycles. The highest BCUT2D eigenvalue weighted by molar-refractivity contribution is 5.80. The first-order valence-electron chi connectivity index (χ1n) is 14.0. The first-order valence-corrected chi connectivity index (χ1v) is 14.0. The number of fused-ring (bicyclic) bond motifs is 1. The highest BCUT2D eigenvalue weighted by atomic mass is 19.2. The quantitative estimate of drug-likeness (QED) is 0.461. The molecule has 2 aliphatic rings. The van der Waals surface area contributed by atoms with Gasteiger partial charge in [-0.1, -0.05) is 30.3 Å². The van der Waals surface area contributed by atoms with Crippen molar-refractivity contribution < 1.29 is 18.4 Å². The zero-order valence-corrected chi connectivity index (χ0v) is 23.3. The molecule has 8 nitrogen and oxygen atoms in total. The Morgan fingerprint density at radius 1 is 0.951 bits per heavy atom. The van der Waals surface area contributed by atoms with E-state index in [2.05, 4.69) is 6.07 Å². The van der Waals surface area contributed by atoms with E-state index in [1.54, 1.807) is 18.7 Å². The van der Waals surface area contributed by atoms with E-state index >= 15 is 0 Å². The van der Waals surface area contributed by atoms with Gasteiger partial charge in [-0.2, -0.15) is 0 Å². The van der Waals surface area contributed by atoms with E-state index in [9.17, 15) is 28.0 Å². The van der Waals surface area contributed by atoms with E-state index in [1.807, 2.05) is 23.1 Å². The first-order chi connectivity index (χ1) is 19.6. The van der Waals surface area contributed by atoms with Crippen molar-refractivity contribution in [3.63, 3.8) is 0 Å². The average Bonchev–Trinajstić information content (AvgIpc) is 3.11. The summed E-state index contributed by atoms with van der Waals surface area (Å²) in [6, 6.07) is 11.0. The summed E-state index contributed by atoms with van der Waals surface area (Å²) in [4.78, 5) is 56.2. The molecule has 10 heteroatoms. The number of carbonyl (C=O) groups excluding carboxylic acids is 2. The third-order valence-electron chi connectivity index (χ3n) is 8.12. The molecule has 1 aromatic heterocycles. The van der Waals surface area contributed by atoms with Crippen LogP contribution in [0.1, 0.15) is 55.0 Å². The number of nitrogens with zero attached hydrogens (tertiary/aromatic N) is 4. The molecule has 0 aliphatic carbocycles. The Kier molecular flexibility index (Phi) is 8.19. The second kappa shape index (κ2) is 11.8. The fourth-order valence-electron chi connectivity index (χ4n) is 5.90. The van der Waals surface area contributed by atoms with Crippen molar-refractivity contribution in [1.82, 2.24) is 18.9 Å². The van der Waals surface area contributed by atoms with Crippen molar-refractivity contribution in [3.8, 4) is 0 Å². The Morgan fingerprint density at radius 3 is 2.34 bits per heavy atom. The SMILES string of the molecule is CC(C)n1c(=O)c(Cc2ccc(F)c(F)c2)cn(CC(=O)N2CCC(N3CCc4ccccc4CC3=O)CC2)c1=O. The molecule has 0 saturated carbocycles. The number of hydrogen-bond acceptors (Lipinski definition) is 4. The van der Waals surface area contributed by atoms with E-state index < -0.39 is 28.9 Å². The fraction of sp³-hybridized carbons (Fsp3) is 0.419. The van der Waals surface area contributed by atoms with Crippen LogP contribution >= 0.6 is 0 Å². The van der Waals surface area contributed by atoms with Gasteiger partial charge in [0.05, 0.1) is 6.42 Å². The summed E-state index contributed by atoms with van der Waals surface area (Å²) in [6.45, 7) is 4.72. The fourth-order valence-corrected chi connectivity index (χ4v) is 5.90. The maximum atomic E-state index is 13.8. The molecule has 1 fully saturated rings. The third kappa shape index (κ3) is 6.01. The van der Waals surface area contributed by atoms with Crippen LogP contribution in [0.3, 0.4) is 0 Å². The number of piperidine rings is 1. The third-order valence-corrected chi connectivity index (χ3v) is 8.12. The minimum absolute atomic E-state index is 0.0175. The molecule has 2 amide bonds. The predicted octanol–water partition coefficient (Wildman–Crippen LogP) is 3.08. The van der Waals surface area contributed by atoms with Gasteiger partial charge in [0.2, 0.25) is 11.8 Å². The van der Waals surface area contributed by atoms with Crippen molar-refractivity contribution in [3.05, 3.63) is 103 Å². The monoisotopic (exact) mass is 564 g/mol. The van der Waals surface area contributed by atoms with Gasteiger partial charge in [0, 0.05) is 49.9 Å². The maximum Gasteiger partial charge on any atom is 0.331 e. The van der Waals surface area contributed by atoms with Gasteiger partial charge in [-0.25, -0.2) is 13.6 Å². The zero-order valence-electron chi connectivity index (χ0n) is 23.3. The summed E-state index contributed by atoms with van der Waals surface area (Å²) in [5.41, 5.74) is 1.73. The van der Waals surface area contributed by atoms with Crippen LogP contribution in [-0.4, -0.2) is 56.4 Å². The van der Waals surface area contributed by atoms with Crippen molar-refractivity contribution in [2.24, 2.45) is 0 Å². The van der Waals surface area contributed by atoms with Crippen LogP contribution in [0.4, 0.5) is 8.78 Å². The lowest BCUT2D eigenvalue weighted by Gasteiger charge is -2.38. The van der Waals surface area contributed by atoms with Crippen LogP contribution in [0.25, 0.3) is 0 Å². The molecule has 41 heavy (non-hydrogen) atoms. The maximum absolute atomic E-state index is 13.8. The van der Waals surface area contributed by atoms with Crippen molar-refractivity contribution >= 4 is 11.8 Å². The Bertz CT molecular complexity index is 1590. The lowest BCUT2D eigenvalue weighted by atomic mass is 10.0. The molecular formula is C31H34F2N4O4. The number of amides is 2. The summed E-state index contributed by atoms with van der Waals surface area (Å²) < 4.78 is 29.5. The molecule has 0 N–H and O–H groups in total. The van der Waals surface area contributed by atoms with Crippen molar-refractivity contribution in [2.45, 2.75) is 64.6 Å². The summed E-state index contributed by atoms with van der Waals surface area (Å²) in [5.74, 6) is -2.16. The average molecular weight is 565 g/mol. The van der Waals surface area contributed by atoms with Gasteiger partial charge in [-0.05, 0) is 61.9 Å². The van der Waals surface area contributed by atoms with Gasteiger partial charge >= 0.3 is 5.69 Å². The van der Waals surface area contributed by atoms with Gasteiger partial charge in [0.25, 0.3) is 5.56 Å². The molecule has 2 aromatic carbocycles. The topological polar surface area (TPSA) is 84.6 Å². The van der Waals surface area contributed by atoms with Crippen molar-refractivity contribution in [2.75, 3.05) is 19.6 Å². The Balaban J connectivity index is 1.28. The van der Waals surface area contributed by atoms with E-state index in [-0.39, 0.29) is 36.4 Å². The number of carbonyl (C=O) groups is 2. The highest BCUT2D eigenvalue weighted by Gasteiger charge is 2.31. The molecule has 0 unspecified atom stereocenters. The van der Waals surface area contributed by atoms with Crippen molar-refractivity contribution in [1.29, 1.82) is 0 Å². The van der Waals surface area contributed by atoms with Crippen LogP contribution in [0.15, 0.2) is 58.3 Å². The Morgan fingerprint density at radius 2 is 1.66 bits per heavy atom. The van der Waals surface area contributed by atoms with Crippen LogP contribution in [-0.2, 0) is 35.4 Å². The van der Waals surface area contributed by atoms with Crippen LogP contribution < -0.4 is 11.2 Å². The lowest BCUT2D eigenvalue weighted by molar-refractivity contribution is -0.136. The number of halogens is 2. The molecule has 216 valence electrons. The molecular weight excluding hydrogens is 530 g/mol. The second-order valence-corrected chi connectivity index (χ2v) is 11.2. The normalized spacial score (nSPS) is 16.2. The van der Waals surface area contributed by atoms with E-state index in [0.29, 0.717) is 44.5 Å². The van der Waals surface area contributed by atoms with Gasteiger partial charge in [-0.3, -0.25) is 23.5 Å². The summed E-state index contributed by atoms with van der Waals surface area (Å²) in [6.07, 6.45) is 3.82. The number of rotatable bonds is 6. The zero-order chi connectivity index (χ0) is 29.3. The molecule has 5 rings (SSSR count). The highest BCUT2D eigenvalue weighted by Crippen LogP contribution is 2.23. The van der Waals surface area contributed by atoms with E-state index in [4.69, 9.17) is 0 Å². The van der Waals surface area contributed by atoms with E-state index in [1.165, 1.54) is 22.4 Å². The van der Waals surface area contributed by atoms with Gasteiger partial charge in [0.15, 0.2) is 11.6 Å².